The highest BCUT2D eigenvalue weighted by Gasteiger charge is 2.31. The first kappa shape index (κ1) is 23.5. The van der Waals surface area contributed by atoms with Crippen LogP contribution in [0.25, 0.3) is 10.8 Å². The van der Waals surface area contributed by atoms with E-state index in [0.717, 1.165) is 36.4 Å². The van der Waals surface area contributed by atoms with Crippen molar-refractivity contribution in [2.45, 2.75) is 16.2 Å². The van der Waals surface area contributed by atoms with Crippen molar-refractivity contribution in [2.24, 2.45) is 0 Å². The highest BCUT2D eigenvalue weighted by molar-refractivity contribution is 8.00. The normalized spacial score (nSPS) is 12.0. The van der Waals surface area contributed by atoms with Gasteiger partial charge in [-0.05, 0) is 48.5 Å². The molecule has 0 aliphatic rings. The zero-order chi connectivity index (χ0) is 23.7. The van der Waals surface area contributed by atoms with Gasteiger partial charge in [0.25, 0.3) is 10.0 Å². The third-order valence-electron chi connectivity index (χ3n) is 4.00. The number of thioether (sulfide) groups is 1. The first-order valence-corrected chi connectivity index (χ1v) is 11.0. The lowest BCUT2D eigenvalue weighted by Gasteiger charge is -2.15. The van der Waals surface area contributed by atoms with Crippen LogP contribution >= 0.6 is 11.8 Å². The van der Waals surface area contributed by atoms with E-state index in [2.05, 4.69) is 9.46 Å². The van der Waals surface area contributed by atoms with E-state index in [4.69, 9.17) is 5.11 Å². The number of aliphatic carboxylic acids is 1. The van der Waals surface area contributed by atoms with Crippen molar-refractivity contribution in [1.29, 1.82) is 0 Å². The van der Waals surface area contributed by atoms with Crippen molar-refractivity contribution in [3.63, 3.8) is 0 Å². The monoisotopic (exact) mass is 491 g/mol. The Kier molecular flexibility index (Phi) is 6.41. The number of nitrogens with one attached hydrogen (secondary N) is 1. The number of ether oxygens (including phenoxy) is 1. The number of rotatable bonds is 7. The number of carboxylic acid groups (broad SMARTS) is 1. The Bertz CT molecular complexity index is 1280. The zero-order valence-corrected chi connectivity index (χ0v) is 17.3. The van der Waals surface area contributed by atoms with E-state index in [1.807, 2.05) is 0 Å². The molecule has 0 bridgehead atoms. The van der Waals surface area contributed by atoms with E-state index in [0.29, 0.717) is 11.8 Å². The molecule has 32 heavy (non-hydrogen) atoms. The molecule has 0 atom stereocenters. The molecule has 0 fully saturated rings. The molecule has 3 aromatic carbocycles. The van der Waals surface area contributed by atoms with Crippen molar-refractivity contribution in [3.05, 3.63) is 54.3 Å². The summed E-state index contributed by atoms with van der Waals surface area (Å²) >= 11 is 0.689. The molecular weight excluding hydrogens is 478 g/mol. The molecule has 0 radical (unpaired) electrons. The highest BCUT2D eigenvalue weighted by Crippen LogP contribution is 2.41. The molecule has 0 unspecified atom stereocenters. The van der Waals surface area contributed by atoms with Gasteiger partial charge in [-0.15, -0.1) is 24.9 Å². The fourth-order valence-electron chi connectivity index (χ4n) is 2.72. The smallest absolute Gasteiger partial charge is 0.506 e. The van der Waals surface area contributed by atoms with Crippen LogP contribution in [0.1, 0.15) is 0 Å². The number of alkyl halides is 3. The maximum absolute atomic E-state index is 13.7. The summed E-state index contributed by atoms with van der Waals surface area (Å²) in [6.45, 7) is 0. The van der Waals surface area contributed by atoms with Crippen molar-refractivity contribution in [2.75, 3.05) is 10.5 Å². The van der Waals surface area contributed by atoms with E-state index in [9.17, 15) is 35.9 Å². The SMILES string of the molecule is O=C(O)CSc1cc(NS(=O)(=O)c2ccc(OC(F)(F)F)cc2)c2ccc(F)cc2c1O. The summed E-state index contributed by atoms with van der Waals surface area (Å²) < 4.78 is 82.0. The van der Waals surface area contributed by atoms with Gasteiger partial charge in [-0.2, -0.15) is 0 Å². The predicted octanol–water partition coefficient (Wildman–Crippen LogP) is 4.56. The summed E-state index contributed by atoms with van der Waals surface area (Å²) in [5.74, 6) is -3.42. The Morgan fingerprint density at radius 2 is 1.72 bits per heavy atom. The van der Waals surface area contributed by atoms with E-state index >= 15 is 0 Å². The second-order valence-electron chi connectivity index (χ2n) is 6.27. The van der Waals surface area contributed by atoms with Gasteiger partial charge < -0.3 is 14.9 Å². The number of phenols is 1. The van der Waals surface area contributed by atoms with Crippen LogP contribution in [0.3, 0.4) is 0 Å². The Hall–Kier alpha value is -3.19. The number of aromatic hydroxyl groups is 1. The molecule has 0 aromatic heterocycles. The third-order valence-corrected chi connectivity index (χ3v) is 6.39. The van der Waals surface area contributed by atoms with Crippen LogP contribution in [0.2, 0.25) is 0 Å². The predicted molar refractivity (Wildman–Crippen MR) is 108 cm³/mol. The molecule has 0 amide bonds. The van der Waals surface area contributed by atoms with Gasteiger partial charge in [-0.3, -0.25) is 9.52 Å². The number of hydrogen-bond donors (Lipinski definition) is 3. The minimum atomic E-state index is -4.94. The van der Waals surface area contributed by atoms with Crippen LogP contribution in [-0.4, -0.2) is 36.7 Å². The molecule has 3 N–H and O–H groups in total. The molecular formula is C19H13F4NO6S2. The molecule has 0 saturated heterocycles. The Balaban J connectivity index is 2.01. The number of fused-ring (bicyclic) bond motifs is 1. The molecule has 13 heteroatoms. The summed E-state index contributed by atoms with van der Waals surface area (Å²) in [4.78, 5) is 10.5. The molecule has 0 aliphatic carbocycles. The number of anilines is 1. The molecule has 0 aliphatic heterocycles. The molecule has 170 valence electrons. The van der Waals surface area contributed by atoms with E-state index in [-0.39, 0.29) is 21.4 Å². The summed E-state index contributed by atoms with van der Waals surface area (Å²) in [6.07, 6.45) is -4.94. The Labute approximate surface area is 182 Å². The van der Waals surface area contributed by atoms with Crippen LogP contribution in [-0.2, 0) is 14.8 Å². The van der Waals surface area contributed by atoms with Crippen LogP contribution in [0.4, 0.5) is 23.2 Å². The highest BCUT2D eigenvalue weighted by atomic mass is 32.2. The average molecular weight is 491 g/mol. The quantitative estimate of drug-likeness (QED) is 0.252. The Morgan fingerprint density at radius 3 is 2.31 bits per heavy atom. The molecule has 0 spiro atoms. The lowest BCUT2D eigenvalue weighted by atomic mass is 10.1. The van der Waals surface area contributed by atoms with Gasteiger partial charge in [0, 0.05) is 10.8 Å². The van der Waals surface area contributed by atoms with Gasteiger partial charge in [0.05, 0.1) is 21.2 Å². The maximum atomic E-state index is 13.7. The number of sulfonamides is 1. The minimum absolute atomic E-state index is 0.0166. The molecule has 3 aromatic rings. The van der Waals surface area contributed by atoms with Crippen LogP contribution in [0.5, 0.6) is 11.5 Å². The number of hydrogen-bond acceptors (Lipinski definition) is 6. The second-order valence-corrected chi connectivity index (χ2v) is 8.97. The van der Waals surface area contributed by atoms with Gasteiger partial charge in [-0.25, -0.2) is 12.8 Å². The first-order valence-electron chi connectivity index (χ1n) is 8.54. The van der Waals surface area contributed by atoms with Gasteiger partial charge in [0.15, 0.2) is 0 Å². The molecule has 0 saturated carbocycles. The summed E-state index contributed by atoms with van der Waals surface area (Å²) in [5, 5.41) is 19.3. The van der Waals surface area contributed by atoms with E-state index in [1.54, 1.807) is 0 Å². The van der Waals surface area contributed by atoms with Crippen LogP contribution in [0.15, 0.2) is 58.3 Å². The number of benzene rings is 3. The lowest BCUT2D eigenvalue weighted by Crippen LogP contribution is -2.17. The molecule has 0 heterocycles. The average Bonchev–Trinajstić information content (AvgIpc) is 2.68. The zero-order valence-electron chi connectivity index (χ0n) is 15.7. The van der Waals surface area contributed by atoms with Crippen molar-refractivity contribution >= 4 is 44.2 Å². The number of halogens is 4. The fraction of sp³-hybridized carbons (Fsp3) is 0.105. The first-order chi connectivity index (χ1) is 14.9. The van der Waals surface area contributed by atoms with Crippen molar-refractivity contribution < 1.29 is 45.7 Å². The van der Waals surface area contributed by atoms with Crippen LogP contribution in [0, 0.1) is 5.82 Å². The largest absolute Gasteiger partial charge is 0.573 e. The lowest BCUT2D eigenvalue weighted by molar-refractivity contribution is -0.274. The van der Waals surface area contributed by atoms with E-state index < -0.39 is 50.3 Å². The van der Waals surface area contributed by atoms with E-state index in [1.165, 1.54) is 12.1 Å². The summed E-state index contributed by atoms with van der Waals surface area (Å²) in [6, 6.07) is 7.82. The fourth-order valence-corrected chi connectivity index (χ4v) is 4.51. The summed E-state index contributed by atoms with van der Waals surface area (Å²) in [7, 11) is -4.32. The van der Waals surface area contributed by atoms with Crippen molar-refractivity contribution in [1.82, 2.24) is 0 Å². The topological polar surface area (TPSA) is 113 Å². The number of carboxylic acids is 1. The maximum Gasteiger partial charge on any atom is 0.573 e. The molecule has 3 rings (SSSR count). The third kappa shape index (κ3) is 5.53. The van der Waals surface area contributed by atoms with Crippen LogP contribution < -0.4 is 9.46 Å². The van der Waals surface area contributed by atoms with Gasteiger partial charge in [0.2, 0.25) is 0 Å². The standard InChI is InChI=1S/C19H13F4NO6S2/c20-10-1-6-13-14(7-10)18(27)16(31-9-17(25)26)8-15(13)24-32(28,29)12-4-2-11(3-5-12)30-19(21,22)23/h1-8,24,27H,9H2,(H,25,26). The van der Waals surface area contributed by atoms with Gasteiger partial charge >= 0.3 is 12.3 Å². The van der Waals surface area contributed by atoms with Crippen molar-refractivity contribution in [3.8, 4) is 11.5 Å². The molecule has 7 nitrogen and oxygen atoms in total. The summed E-state index contributed by atoms with van der Waals surface area (Å²) in [5.41, 5.74) is -0.0960. The van der Waals surface area contributed by atoms with Gasteiger partial charge in [0.1, 0.15) is 17.3 Å². The number of carbonyl (C=O) groups is 1. The number of phenolic OH excluding ortho intramolecular Hbond substituents is 1. The Morgan fingerprint density at radius 1 is 1.06 bits per heavy atom. The minimum Gasteiger partial charge on any atom is -0.506 e. The van der Waals surface area contributed by atoms with Gasteiger partial charge in [-0.1, -0.05) is 0 Å². The second kappa shape index (κ2) is 8.74.